The number of hydrogen-bond acceptors (Lipinski definition) is 4. The Labute approximate surface area is 167 Å². The maximum absolute atomic E-state index is 13.1. The van der Waals surface area contributed by atoms with Crippen LogP contribution in [0.15, 0.2) is 60.9 Å². The molecule has 2 aromatic carbocycles. The fourth-order valence-electron chi connectivity index (χ4n) is 3.97. The molecule has 1 aliphatic rings. The summed E-state index contributed by atoms with van der Waals surface area (Å²) in [5, 5.41) is 5.16. The fourth-order valence-corrected chi connectivity index (χ4v) is 4.87. The first-order valence-electron chi connectivity index (χ1n) is 9.46. The molecule has 5 nitrogen and oxygen atoms in total. The zero-order valence-electron chi connectivity index (χ0n) is 15.6. The van der Waals surface area contributed by atoms with Crippen LogP contribution in [0.5, 0.6) is 0 Å². The molecule has 6 heteroatoms. The number of hydrogen-bond donors (Lipinski definition) is 0. The largest absolute Gasteiger partial charge is 0.335 e. The number of rotatable bonds is 3. The Bertz CT molecular complexity index is 1130. The summed E-state index contributed by atoms with van der Waals surface area (Å²) < 4.78 is 2.80. The van der Waals surface area contributed by atoms with Gasteiger partial charge in [0.25, 0.3) is 5.91 Å². The highest BCUT2D eigenvalue weighted by molar-refractivity contribution is 7.20. The maximum Gasteiger partial charge on any atom is 0.257 e. The van der Waals surface area contributed by atoms with Crippen LogP contribution in [0, 0.1) is 0 Å². The van der Waals surface area contributed by atoms with Crippen molar-refractivity contribution in [2.75, 3.05) is 7.05 Å². The van der Waals surface area contributed by atoms with Crippen molar-refractivity contribution in [3.05, 3.63) is 77.6 Å². The van der Waals surface area contributed by atoms with Gasteiger partial charge in [0.15, 0.2) is 0 Å². The second-order valence-corrected chi connectivity index (χ2v) is 8.17. The number of amides is 1. The van der Waals surface area contributed by atoms with Gasteiger partial charge >= 0.3 is 0 Å². The van der Waals surface area contributed by atoms with Crippen molar-refractivity contribution in [2.45, 2.75) is 25.3 Å². The quantitative estimate of drug-likeness (QED) is 0.514. The molecule has 0 unspecified atom stereocenters. The van der Waals surface area contributed by atoms with Gasteiger partial charge in [0.05, 0.1) is 28.0 Å². The first-order valence-corrected chi connectivity index (χ1v) is 10.3. The number of aromatic nitrogens is 3. The van der Waals surface area contributed by atoms with Crippen molar-refractivity contribution < 1.29 is 4.79 Å². The summed E-state index contributed by atoms with van der Waals surface area (Å²) >= 11 is 1.57. The molecule has 1 amide bonds. The molecule has 0 saturated heterocycles. The summed E-state index contributed by atoms with van der Waals surface area (Å²) in [6.07, 6.45) is 6.60. The summed E-state index contributed by atoms with van der Waals surface area (Å²) in [7, 11) is 1.89. The van der Waals surface area contributed by atoms with E-state index in [0.717, 1.165) is 34.6 Å². The molecular formula is C22H20N4OS. The van der Waals surface area contributed by atoms with Crippen LogP contribution in [-0.4, -0.2) is 32.6 Å². The van der Waals surface area contributed by atoms with Gasteiger partial charge < -0.3 is 4.90 Å². The Hall–Kier alpha value is -2.99. The second-order valence-electron chi connectivity index (χ2n) is 7.16. The summed E-state index contributed by atoms with van der Waals surface area (Å²) in [6, 6.07) is 16.6. The van der Waals surface area contributed by atoms with Gasteiger partial charge in [0.2, 0.25) is 5.13 Å². The number of fused-ring (bicyclic) bond motifs is 2. The van der Waals surface area contributed by atoms with Gasteiger partial charge in [-0.2, -0.15) is 5.10 Å². The van der Waals surface area contributed by atoms with Crippen LogP contribution in [0.25, 0.3) is 15.3 Å². The zero-order chi connectivity index (χ0) is 19.1. The van der Waals surface area contributed by atoms with Crippen LogP contribution in [-0.2, 0) is 6.42 Å². The molecule has 28 heavy (non-hydrogen) atoms. The van der Waals surface area contributed by atoms with E-state index >= 15 is 0 Å². The average Bonchev–Trinajstić information content (AvgIpc) is 3.39. The van der Waals surface area contributed by atoms with Gasteiger partial charge in [-0.15, -0.1) is 0 Å². The molecule has 0 fully saturated rings. The predicted octanol–water partition coefficient (Wildman–Crippen LogP) is 4.63. The molecule has 2 heterocycles. The molecular weight excluding hydrogens is 368 g/mol. The minimum Gasteiger partial charge on any atom is -0.335 e. The monoisotopic (exact) mass is 388 g/mol. The van der Waals surface area contributed by atoms with E-state index in [1.165, 1.54) is 11.1 Å². The lowest BCUT2D eigenvalue weighted by molar-refractivity contribution is 0.0715. The Morgan fingerprint density at radius 1 is 1.18 bits per heavy atom. The molecule has 4 aromatic rings. The normalized spacial score (nSPS) is 16.1. The van der Waals surface area contributed by atoms with Crippen molar-refractivity contribution in [1.82, 2.24) is 19.7 Å². The van der Waals surface area contributed by atoms with Crippen molar-refractivity contribution in [1.29, 1.82) is 0 Å². The predicted molar refractivity (Wildman–Crippen MR) is 111 cm³/mol. The van der Waals surface area contributed by atoms with Crippen molar-refractivity contribution in [3.63, 3.8) is 0 Å². The summed E-state index contributed by atoms with van der Waals surface area (Å²) in [6.45, 7) is 0. The van der Waals surface area contributed by atoms with E-state index in [-0.39, 0.29) is 11.9 Å². The number of benzene rings is 2. The molecule has 140 valence electrons. The Kier molecular flexibility index (Phi) is 4.20. The van der Waals surface area contributed by atoms with Gasteiger partial charge in [0.1, 0.15) is 0 Å². The third kappa shape index (κ3) is 2.90. The van der Waals surface area contributed by atoms with Gasteiger partial charge in [0, 0.05) is 13.2 Å². The minimum atomic E-state index is -0.00550. The lowest BCUT2D eigenvalue weighted by Crippen LogP contribution is -2.33. The number of carbonyl (C=O) groups excluding carboxylic acids is 1. The van der Waals surface area contributed by atoms with Crippen molar-refractivity contribution >= 4 is 27.5 Å². The van der Waals surface area contributed by atoms with Gasteiger partial charge in [-0.3, -0.25) is 4.79 Å². The van der Waals surface area contributed by atoms with E-state index in [2.05, 4.69) is 34.3 Å². The van der Waals surface area contributed by atoms with E-state index in [9.17, 15) is 4.79 Å². The Morgan fingerprint density at radius 2 is 2.00 bits per heavy atom. The molecule has 2 aromatic heterocycles. The third-order valence-electron chi connectivity index (χ3n) is 5.43. The highest BCUT2D eigenvalue weighted by atomic mass is 32.1. The SMILES string of the molecule is CN(C(=O)c1cnn(-c2nc3ccccc3s2)c1)[C@H]1CCCc2ccccc21. The number of para-hydroxylation sites is 1. The van der Waals surface area contributed by atoms with E-state index in [1.807, 2.05) is 36.2 Å². The fraction of sp³-hybridized carbons (Fsp3) is 0.227. The Morgan fingerprint density at radius 3 is 2.89 bits per heavy atom. The van der Waals surface area contributed by atoms with Crippen molar-refractivity contribution in [2.24, 2.45) is 0 Å². The van der Waals surface area contributed by atoms with Crippen LogP contribution < -0.4 is 0 Å². The van der Waals surface area contributed by atoms with Crippen molar-refractivity contribution in [3.8, 4) is 5.13 Å². The lowest BCUT2D eigenvalue weighted by Gasteiger charge is -2.33. The van der Waals surface area contributed by atoms with Gasteiger partial charge in [-0.05, 0) is 42.5 Å². The molecule has 0 radical (unpaired) electrons. The van der Waals surface area contributed by atoms with Crippen LogP contribution in [0.1, 0.15) is 40.4 Å². The van der Waals surface area contributed by atoms with Gasteiger partial charge in [-0.25, -0.2) is 9.67 Å². The first-order chi connectivity index (χ1) is 13.7. The molecule has 0 saturated carbocycles. The second kappa shape index (κ2) is 6.87. The highest BCUT2D eigenvalue weighted by Crippen LogP contribution is 2.34. The highest BCUT2D eigenvalue weighted by Gasteiger charge is 2.27. The molecule has 1 atom stereocenters. The standard InChI is InChI=1S/C22H20N4OS/c1-25(19-11-6-8-15-7-2-3-9-17(15)19)21(27)16-13-23-26(14-16)22-24-18-10-4-5-12-20(18)28-22/h2-5,7,9-10,12-14,19H,6,8,11H2,1H3/t19-/m0/s1. The summed E-state index contributed by atoms with van der Waals surface area (Å²) in [4.78, 5) is 19.6. The topological polar surface area (TPSA) is 51.0 Å². The Balaban J connectivity index is 1.42. The molecule has 5 rings (SSSR count). The number of thiazole rings is 1. The molecule has 0 N–H and O–H groups in total. The van der Waals surface area contributed by atoms with Crippen LogP contribution in [0.2, 0.25) is 0 Å². The number of carbonyl (C=O) groups is 1. The lowest BCUT2D eigenvalue weighted by atomic mass is 9.87. The van der Waals surface area contributed by atoms with Crippen LogP contribution >= 0.6 is 11.3 Å². The maximum atomic E-state index is 13.1. The summed E-state index contributed by atoms with van der Waals surface area (Å²) in [5.41, 5.74) is 4.15. The van der Waals surface area contributed by atoms with E-state index < -0.39 is 0 Å². The van der Waals surface area contributed by atoms with Gasteiger partial charge in [-0.1, -0.05) is 47.7 Å². The van der Waals surface area contributed by atoms with Crippen LogP contribution in [0.3, 0.4) is 0 Å². The molecule has 0 bridgehead atoms. The minimum absolute atomic E-state index is 0.00550. The van der Waals surface area contributed by atoms with E-state index in [1.54, 1.807) is 28.4 Å². The molecule has 1 aliphatic carbocycles. The smallest absolute Gasteiger partial charge is 0.257 e. The zero-order valence-corrected chi connectivity index (χ0v) is 16.4. The third-order valence-corrected chi connectivity index (χ3v) is 6.46. The van der Waals surface area contributed by atoms with Crippen LogP contribution in [0.4, 0.5) is 0 Å². The molecule has 0 spiro atoms. The van der Waals surface area contributed by atoms with E-state index in [0.29, 0.717) is 5.56 Å². The first kappa shape index (κ1) is 17.1. The molecule has 0 aliphatic heterocycles. The van der Waals surface area contributed by atoms with E-state index in [4.69, 9.17) is 0 Å². The number of nitrogens with zero attached hydrogens (tertiary/aromatic N) is 4. The number of aryl methyl sites for hydroxylation is 1. The average molecular weight is 388 g/mol. The summed E-state index contributed by atoms with van der Waals surface area (Å²) in [5.74, 6) is -0.00550.